The molecule has 7 heteroatoms. The number of esters is 1. The Morgan fingerprint density at radius 3 is 3.00 bits per heavy atom. The number of carbonyl (C=O) groups is 1. The lowest BCUT2D eigenvalue weighted by molar-refractivity contribution is 0.0512. The number of nitrogens with one attached hydrogen (secondary N) is 1. The van der Waals surface area contributed by atoms with Crippen LogP contribution in [0.15, 0.2) is 24.3 Å². The topological polar surface area (TPSA) is 85.7 Å². The lowest BCUT2D eigenvalue weighted by Gasteiger charge is -1.95. The Morgan fingerprint density at radius 1 is 1.40 bits per heavy atom. The summed E-state index contributed by atoms with van der Waals surface area (Å²) in [6.07, 6.45) is 0. The number of hydrogen-bond donors (Lipinski definition) is 1. The van der Waals surface area contributed by atoms with Crippen LogP contribution in [0.4, 0.5) is 0 Å². The van der Waals surface area contributed by atoms with Crippen molar-refractivity contribution in [3.05, 3.63) is 30.1 Å². The summed E-state index contributed by atoms with van der Waals surface area (Å²) in [5.74, 6) is 0.0242. The van der Waals surface area contributed by atoms with Gasteiger partial charge >= 0.3 is 5.97 Å². The van der Waals surface area contributed by atoms with Crippen LogP contribution in [0, 0.1) is 0 Å². The summed E-state index contributed by atoms with van der Waals surface area (Å²) in [6, 6.07) is 7.70. The van der Waals surface area contributed by atoms with Gasteiger partial charge in [0.05, 0.1) is 12.1 Å². The highest BCUT2D eigenvalue weighted by Crippen LogP contribution is 2.24. The molecule has 7 nitrogen and oxygen atoms in total. The summed E-state index contributed by atoms with van der Waals surface area (Å²) in [4.78, 5) is 15.9. The molecule has 0 saturated heterocycles. The molecule has 2 aromatic heterocycles. The van der Waals surface area contributed by atoms with Crippen LogP contribution in [0.5, 0.6) is 0 Å². The van der Waals surface area contributed by atoms with Crippen LogP contribution in [-0.4, -0.2) is 37.5 Å². The molecule has 0 bridgehead atoms. The highest BCUT2D eigenvalue weighted by Gasteiger charge is 2.19. The van der Waals surface area contributed by atoms with Gasteiger partial charge in [-0.3, -0.25) is 5.10 Å². The zero-order chi connectivity index (χ0) is 14.1. The smallest absolute Gasteiger partial charge is 0.378 e. The van der Waals surface area contributed by atoms with Crippen LogP contribution < -0.4 is 0 Å². The predicted octanol–water partition coefficient (Wildman–Crippen LogP) is 1.54. The van der Waals surface area contributed by atoms with E-state index in [9.17, 15) is 4.79 Å². The molecular formula is C13H13N5O2. The Balaban J connectivity index is 2.08. The number of H-pyrrole nitrogens is 1. The molecule has 3 rings (SSSR count). The average molecular weight is 271 g/mol. The van der Waals surface area contributed by atoms with Crippen LogP contribution in [0.3, 0.4) is 0 Å². The second kappa shape index (κ2) is 4.76. The minimum atomic E-state index is -0.533. The quantitative estimate of drug-likeness (QED) is 0.730. The zero-order valence-electron chi connectivity index (χ0n) is 11.1. The maximum absolute atomic E-state index is 11.7. The molecule has 1 N–H and O–H groups in total. The third-order valence-corrected chi connectivity index (χ3v) is 2.90. The van der Waals surface area contributed by atoms with Gasteiger partial charge in [0.1, 0.15) is 5.69 Å². The molecule has 1 aromatic carbocycles. The van der Waals surface area contributed by atoms with E-state index in [2.05, 4.69) is 20.3 Å². The molecule has 0 atom stereocenters. The number of ether oxygens (including phenoxy) is 1. The van der Waals surface area contributed by atoms with E-state index in [4.69, 9.17) is 4.74 Å². The zero-order valence-corrected chi connectivity index (χ0v) is 11.1. The third kappa shape index (κ3) is 1.93. The van der Waals surface area contributed by atoms with Crippen LogP contribution in [0.2, 0.25) is 0 Å². The summed E-state index contributed by atoms with van der Waals surface area (Å²) < 4.78 is 6.42. The van der Waals surface area contributed by atoms with Gasteiger partial charge in [0.25, 0.3) is 5.82 Å². The normalized spacial score (nSPS) is 10.9. The second-order valence-corrected chi connectivity index (χ2v) is 4.22. The van der Waals surface area contributed by atoms with Crippen molar-refractivity contribution in [1.82, 2.24) is 25.0 Å². The van der Waals surface area contributed by atoms with Crippen molar-refractivity contribution in [2.45, 2.75) is 6.92 Å². The summed E-state index contributed by atoms with van der Waals surface area (Å²) in [5, 5.41) is 12.2. The number of rotatable bonds is 3. The van der Waals surface area contributed by atoms with Gasteiger partial charge < -0.3 is 4.74 Å². The van der Waals surface area contributed by atoms with E-state index in [1.807, 2.05) is 24.3 Å². The first-order valence-electron chi connectivity index (χ1n) is 6.22. The highest BCUT2D eigenvalue weighted by molar-refractivity contribution is 5.92. The summed E-state index contributed by atoms with van der Waals surface area (Å²) >= 11 is 0. The largest absolute Gasteiger partial charge is 0.460 e. The summed E-state index contributed by atoms with van der Waals surface area (Å²) in [6.45, 7) is 2.03. The van der Waals surface area contributed by atoms with Gasteiger partial charge in [0.2, 0.25) is 0 Å². The van der Waals surface area contributed by atoms with Crippen molar-refractivity contribution in [3.8, 4) is 11.5 Å². The lowest BCUT2D eigenvalue weighted by Crippen LogP contribution is -2.07. The van der Waals surface area contributed by atoms with E-state index < -0.39 is 5.97 Å². The van der Waals surface area contributed by atoms with Crippen LogP contribution in [0.1, 0.15) is 17.5 Å². The molecule has 20 heavy (non-hydrogen) atoms. The van der Waals surface area contributed by atoms with Crippen LogP contribution in [0.25, 0.3) is 22.4 Å². The molecule has 0 fully saturated rings. The van der Waals surface area contributed by atoms with Gasteiger partial charge in [-0.05, 0) is 13.0 Å². The van der Waals surface area contributed by atoms with Gasteiger partial charge in [-0.25, -0.2) is 9.48 Å². The molecule has 0 aliphatic heterocycles. The Morgan fingerprint density at radius 2 is 2.20 bits per heavy atom. The third-order valence-electron chi connectivity index (χ3n) is 2.90. The summed E-state index contributed by atoms with van der Waals surface area (Å²) in [5.41, 5.74) is 1.56. The van der Waals surface area contributed by atoms with Gasteiger partial charge in [0.15, 0.2) is 5.82 Å². The van der Waals surface area contributed by atoms with Gasteiger partial charge in [-0.15, -0.1) is 5.10 Å². The number of fused-ring (bicyclic) bond motifs is 1. The number of aryl methyl sites for hydroxylation is 1. The Bertz CT molecular complexity index is 774. The first-order valence-corrected chi connectivity index (χ1v) is 6.22. The maximum Gasteiger partial charge on any atom is 0.378 e. The van der Waals surface area contributed by atoms with Crippen molar-refractivity contribution in [2.75, 3.05) is 6.61 Å². The van der Waals surface area contributed by atoms with Crippen molar-refractivity contribution in [2.24, 2.45) is 7.05 Å². The predicted molar refractivity (Wildman–Crippen MR) is 72.0 cm³/mol. The monoisotopic (exact) mass is 271 g/mol. The minimum Gasteiger partial charge on any atom is -0.460 e. The number of aromatic amines is 1. The number of para-hydroxylation sites is 1. The second-order valence-electron chi connectivity index (χ2n) is 4.22. The highest BCUT2D eigenvalue weighted by atomic mass is 16.5. The molecule has 102 valence electrons. The summed E-state index contributed by atoms with van der Waals surface area (Å²) in [7, 11) is 1.72. The molecule has 0 amide bonds. The number of hydrogen-bond acceptors (Lipinski definition) is 5. The molecular weight excluding hydrogens is 258 g/mol. The van der Waals surface area contributed by atoms with Crippen molar-refractivity contribution < 1.29 is 9.53 Å². The van der Waals surface area contributed by atoms with Crippen LogP contribution in [-0.2, 0) is 11.8 Å². The number of aromatic nitrogens is 5. The number of benzene rings is 1. The van der Waals surface area contributed by atoms with E-state index in [0.29, 0.717) is 11.5 Å². The van der Waals surface area contributed by atoms with Crippen molar-refractivity contribution in [1.29, 1.82) is 0 Å². The van der Waals surface area contributed by atoms with Crippen molar-refractivity contribution >= 4 is 16.9 Å². The fourth-order valence-electron chi connectivity index (χ4n) is 2.01. The molecule has 3 aromatic rings. The van der Waals surface area contributed by atoms with E-state index in [0.717, 1.165) is 10.9 Å². The standard InChI is InChI=1S/C13H13N5O2/c1-3-20-13(19)11-14-12(18(2)17-11)10-8-6-4-5-7-9(8)15-16-10/h4-7H,3H2,1-2H3,(H,15,16). The fourth-order valence-corrected chi connectivity index (χ4v) is 2.01. The Hall–Kier alpha value is -2.70. The molecule has 0 spiro atoms. The maximum atomic E-state index is 11.7. The van der Waals surface area contributed by atoms with Gasteiger partial charge in [0, 0.05) is 12.4 Å². The van der Waals surface area contributed by atoms with Crippen LogP contribution >= 0.6 is 0 Å². The van der Waals surface area contributed by atoms with Crippen molar-refractivity contribution in [3.63, 3.8) is 0 Å². The number of nitrogens with zero attached hydrogens (tertiary/aromatic N) is 4. The van der Waals surface area contributed by atoms with Gasteiger partial charge in [-0.1, -0.05) is 18.2 Å². The molecule has 0 aliphatic rings. The minimum absolute atomic E-state index is 0.0384. The molecule has 0 aliphatic carbocycles. The van der Waals surface area contributed by atoms with E-state index in [1.165, 1.54) is 4.68 Å². The number of carbonyl (C=O) groups excluding carboxylic acids is 1. The molecule has 0 saturated carbocycles. The fraction of sp³-hybridized carbons (Fsp3) is 0.231. The van der Waals surface area contributed by atoms with E-state index >= 15 is 0 Å². The Labute approximate surface area is 114 Å². The molecule has 2 heterocycles. The van der Waals surface area contributed by atoms with E-state index in [1.54, 1.807) is 14.0 Å². The molecule has 0 unspecified atom stereocenters. The average Bonchev–Trinajstić information content (AvgIpc) is 3.02. The van der Waals surface area contributed by atoms with Gasteiger partial charge in [-0.2, -0.15) is 10.1 Å². The van der Waals surface area contributed by atoms with E-state index in [-0.39, 0.29) is 12.4 Å². The first-order chi connectivity index (χ1) is 9.70. The molecule has 0 radical (unpaired) electrons. The lowest BCUT2D eigenvalue weighted by atomic mass is 10.2. The Kier molecular flexibility index (Phi) is 2.94. The first kappa shape index (κ1) is 12.3. The SMILES string of the molecule is CCOC(=O)c1nc(-c2n[nH]c3ccccc23)n(C)n1.